The fourth-order valence-electron chi connectivity index (χ4n) is 1.77. The minimum atomic E-state index is -0.350. The molecular formula is C18H14FNO3. The van der Waals surface area contributed by atoms with Crippen LogP contribution in [0.4, 0.5) is 4.39 Å². The summed E-state index contributed by atoms with van der Waals surface area (Å²) in [5, 5.41) is 0.873. The number of halogens is 1. The van der Waals surface area contributed by atoms with Crippen LogP contribution < -0.4 is 14.5 Å². The number of para-hydroxylation sites is 2. The third kappa shape index (κ3) is 4.46. The van der Waals surface area contributed by atoms with E-state index in [4.69, 9.17) is 14.5 Å². The highest BCUT2D eigenvalue weighted by atomic mass is 19.1. The summed E-state index contributed by atoms with van der Waals surface area (Å²) in [5.41, 5.74) is 0. The summed E-state index contributed by atoms with van der Waals surface area (Å²) in [4.78, 5) is 16.6. The topological polar surface area (TPSA) is 30.9 Å². The summed E-state index contributed by atoms with van der Waals surface area (Å²) >= 11 is 0. The van der Waals surface area contributed by atoms with Gasteiger partial charge in [-0.3, -0.25) is 0 Å². The predicted octanol–water partition coefficient (Wildman–Crippen LogP) is 4.41. The summed E-state index contributed by atoms with van der Waals surface area (Å²) in [5.74, 6) is 1.09. The number of benzene rings is 3. The van der Waals surface area contributed by atoms with E-state index >= 15 is 0 Å². The molecule has 5 heteroatoms. The Hall–Kier alpha value is -3.05. The Labute approximate surface area is 133 Å². The van der Waals surface area contributed by atoms with Crippen LogP contribution in [0.25, 0.3) is 0 Å². The van der Waals surface area contributed by atoms with Gasteiger partial charge in [-0.15, -0.1) is 0 Å². The molecule has 3 aromatic carbocycles. The van der Waals surface area contributed by atoms with E-state index in [1.54, 1.807) is 24.3 Å². The smallest absolute Gasteiger partial charge is 0.234 e. The summed E-state index contributed by atoms with van der Waals surface area (Å²) in [7, 11) is 0. The van der Waals surface area contributed by atoms with E-state index < -0.39 is 0 Å². The van der Waals surface area contributed by atoms with Gasteiger partial charge in [-0.1, -0.05) is 36.4 Å². The van der Waals surface area contributed by atoms with Crippen LogP contribution in [0.3, 0.4) is 0 Å². The average Bonchev–Trinajstić information content (AvgIpc) is 2.59. The van der Waals surface area contributed by atoms with Crippen molar-refractivity contribution in [3.63, 3.8) is 0 Å². The fourth-order valence-corrected chi connectivity index (χ4v) is 1.77. The van der Waals surface area contributed by atoms with Gasteiger partial charge in [-0.05, 0) is 48.5 Å². The first-order valence-electron chi connectivity index (χ1n) is 6.99. The Kier molecular flexibility index (Phi) is 4.71. The Morgan fingerprint density at radius 1 is 0.522 bits per heavy atom. The second kappa shape index (κ2) is 7.29. The molecular weight excluding hydrogens is 297 g/mol. The zero-order chi connectivity index (χ0) is 15.9. The first-order chi connectivity index (χ1) is 11.3. The van der Waals surface area contributed by atoms with Crippen LogP contribution in [-0.4, -0.2) is 5.39 Å². The summed E-state index contributed by atoms with van der Waals surface area (Å²) in [6, 6.07) is 23.6. The molecule has 0 bridgehead atoms. The lowest BCUT2D eigenvalue weighted by Crippen LogP contribution is -2.34. The third-order valence-corrected chi connectivity index (χ3v) is 2.84. The van der Waals surface area contributed by atoms with E-state index in [0.29, 0.717) is 17.2 Å². The first kappa shape index (κ1) is 14.9. The predicted molar refractivity (Wildman–Crippen MR) is 83.0 cm³/mol. The molecule has 0 aliphatic rings. The lowest BCUT2D eigenvalue weighted by atomic mass is 10.3. The molecule has 0 amide bonds. The van der Waals surface area contributed by atoms with Gasteiger partial charge in [0.2, 0.25) is 5.39 Å². The van der Waals surface area contributed by atoms with E-state index in [1.165, 1.54) is 24.3 Å². The minimum absolute atomic E-state index is 0.350. The first-order valence-corrected chi connectivity index (χ1v) is 6.99. The van der Waals surface area contributed by atoms with Gasteiger partial charge in [0.25, 0.3) is 0 Å². The van der Waals surface area contributed by atoms with Crippen molar-refractivity contribution in [2.24, 2.45) is 0 Å². The lowest BCUT2D eigenvalue weighted by molar-refractivity contribution is -0.408. The van der Waals surface area contributed by atoms with Crippen LogP contribution in [-0.2, 0) is 0 Å². The molecule has 0 N–H and O–H groups in total. The number of hydrogen-bond donors (Lipinski definition) is 0. The van der Waals surface area contributed by atoms with Crippen LogP contribution in [0.15, 0.2) is 84.9 Å². The second-order valence-corrected chi connectivity index (χ2v) is 4.58. The highest BCUT2D eigenvalue weighted by Gasteiger charge is 2.13. The SMILES string of the molecule is Fc1ccc(ON(Oc2ccccc2)Oc2ccccc2)cc1. The maximum Gasteiger partial charge on any atom is 0.234 e. The van der Waals surface area contributed by atoms with E-state index in [9.17, 15) is 4.39 Å². The molecule has 0 unspecified atom stereocenters. The maximum absolute atomic E-state index is 13.0. The van der Waals surface area contributed by atoms with Crippen molar-refractivity contribution in [2.45, 2.75) is 0 Å². The molecule has 4 nitrogen and oxygen atoms in total. The fraction of sp³-hybridized carbons (Fsp3) is 0. The van der Waals surface area contributed by atoms with Gasteiger partial charge in [-0.2, -0.15) is 0 Å². The molecule has 0 saturated carbocycles. The van der Waals surface area contributed by atoms with Gasteiger partial charge in [-0.25, -0.2) is 4.39 Å². The highest BCUT2D eigenvalue weighted by Crippen LogP contribution is 2.18. The van der Waals surface area contributed by atoms with Crippen molar-refractivity contribution in [3.05, 3.63) is 90.7 Å². The Morgan fingerprint density at radius 2 is 0.913 bits per heavy atom. The van der Waals surface area contributed by atoms with Crippen molar-refractivity contribution < 1.29 is 18.9 Å². The van der Waals surface area contributed by atoms with Crippen LogP contribution >= 0.6 is 0 Å². The largest absolute Gasteiger partial charge is 0.339 e. The van der Waals surface area contributed by atoms with Crippen molar-refractivity contribution >= 4 is 0 Å². The van der Waals surface area contributed by atoms with Crippen LogP contribution in [0.1, 0.15) is 0 Å². The second-order valence-electron chi connectivity index (χ2n) is 4.58. The summed E-state index contributed by atoms with van der Waals surface area (Å²) in [6.07, 6.45) is 0. The van der Waals surface area contributed by atoms with Crippen molar-refractivity contribution in [1.29, 1.82) is 0 Å². The minimum Gasteiger partial charge on any atom is -0.339 e. The molecule has 0 saturated heterocycles. The van der Waals surface area contributed by atoms with E-state index in [2.05, 4.69) is 0 Å². The molecule has 0 atom stereocenters. The summed E-state index contributed by atoms with van der Waals surface area (Å²) in [6.45, 7) is 0. The number of hydrogen-bond acceptors (Lipinski definition) is 4. The quantitative estimate of drug-likeness (QED) is 0.631. The number of rotatable bonds is 6. The molecule has 0 spiro atoms. The van der Waals surface area contributed by atoms with Crippen molar-refractivity contribution in [1.82, 2.24) is 5.39 Å². The van der Waals surface area contributed by atoms with Crippen molar-refractivity contribution in [2.75, 3.05) is 0 Å². The maximum atomic E-state index is 13.0. The van der Waals surface area contributed by atoms with E-state index in [0.717, 1.165) is 5.39 Å². The molecule has 0 aliphatic heterocycles. The van der Waals surface area contributed by atoms with E-state index in [1.807, 2.05) is 36.4 Å². The molecule has 0 aliphatic carbocycles. The standard InChI is InChI=1S/C18H14FNO3/c19-15-11-13-18(14-12-15)23-20(21-16-7-3-1-4-8-16)22-17-9-5-2-6-10-17/h1-14H. The molecule has 0 fully saturated rings. The van der Waals surface area contributed by atoms with Crippen LogP contribution in [0.2, 0.25) is 0 Å². The van der Waals surface area contributed by atoms with Gasteiger partial charge >= 0.3 is 0 Å². The van der Waals surface area contributed by atoms with Gasteiger partial charge in [0.1, 0.15) is 5.82 Å². The Bertz CT molecular complexity index is 679. The van der Waals surface area contributed by atoms with Gasteiger partial charge in [0.05, 0.1) is 0 Å². The Balaban J connectivity index is 1.76. The molecule has 0 aromatic heterocycles. The third-order valence-electron chi connectivity index (χ3n) is 2.84. The Morgan fingerprint density at radius 3 is 1.35 bits per heavy atom. The van der Waals surface area contributed by atoms with Gasteiger partial charge in [0, 0.05) is 0 Å². The normalized spacial score (nSPS) is 10.3. The zero-order valence-electron chi connectivity index (χ0n) is 12.1. The molecule has 3 aromatic rings. The van der Waals surface area contributed by atoms with E-state index in [-0.39, 0.29) is 5.82 Å². The molecule has 116 valence electrons. The van der Waals surface area contributed by atoms with Gasteiger partial charge in [0.15, 0.2) is 17.2 Å². The molecule has 3 rings (SSSR count). The van der Waals surface area contributed by atoms with Crippen LogP contribution in [0, 0.1) is 5.82 Å². The molecule has 23 heavy (non-hydrogen) atoms. The highest BCUT2D eigenvalue weighted by molar-refractivity contribution is 5.23. The average molecular weight is 311 g/mol. The monoisotopic (exact) mass is 311 g/mol. The number of nitrogens with zero attached hydrogens (tertiary/aromatic N) is 1. The lowest BCUT2D eigenvalue weighted by Gasteiger charge is -2.20. The molecule has 0 radical (unpaired) electrons. The zero-order valence-corrected chi connectivity index (χ0v) is 12.1. The summed E-state index contributed by atoms with van der Waals surface area (Å²) < 4.78 is 13.0. The molecule has 0 heterocycles. The van der Waals surface area contributed by atoms with Crippen LogP contribution in [0.5, 0.6) is 17.2 Å². The van der Waals surface area contributed by atoms with Crippen molar-refractivity contribution in [3.8, 4) is 17.2 Å². The van der Waals surface area contributed by atoms with Gasteiger partial charge < -0.3 is 14.5 Å².